The van der Waals surface area contributed by atoms with E-state index in [0.717, 1.165) is 12.8 Å². The van der Waals surface area contributed by atoms with Crippen LogP contribution >= 0.6 is 0 Å². The van der Waals surface area contributed by atoms with Crippen LogP contribution in [-0.4, -0.2) is 20.6 Å². The van der Waals surface area contributed by atoms with Gasteiger partial charge in [-0.3, -0.25) is 9.36 Å². The lowest BCUT2D eigenvalue weighted by Crippen LogP contribution is -2.22. The van der Waals surface area contributed by atoms with Gasteiger partial charge in [0.15, 0.2) is 0 Å². The second-order valence-corrected chi connectivity index (χ2v) is 6.18. The summed E-state index contributed by atoms with van der Waals surface area (Å²) in [5.41, 5.74) is 1.06. The molecule has 0 radical (unpaired) electrons. The van der Waals surface area contributed by atoms with E-state index in [0.29, 0.717) is 28.3 Å². The topological polar surface area (TPSA) is 72.2 Å². The summed E-state index contributed by atoms with van der Waals surface area (Å²) in [5.74, 6) is 0.0269. The highest BCUT2D eigenvalue weighted by atomic mass is 16.4. The molecule has 0 atom stereocenters. The molecule has 2 aromatic carbocycles. The van der Waals surface area contributed by atoms with E-state index in [1.54, 1.807) is 24.3 Å². The number of carbonyl (C=O) groups is 1. The summed E-state index contributed by atoms with van der Waals surface area (Å²) >= 11 is 0. The first kappa shape index (κ1) is 15.3. The van der Waals surface area contributed by atoms with Gasteiger partial charge in [0, 0.05) is 0 Å². The van der Waals surface area contributed by atoms with E-state index in [2.05, 4.69) is 11.1 Å². The Bertz CT molecular complexity index is 1060. The van der Waals surface area contributed by atoms with E-state index in [4.69, 9.17) is 0 Å². The lowest BCUT2D eigenvalue weighted by molar-refractivity contribution is 0.0697. The van der Waals surface area contributed by atoms with Crippen LogP contribution in [0.4, 0.5) is 0 Å². The van der Waals surface area contributed by atoms with E-state index >= 15 is 0 Å². The van der Waals surface area contributed by atoms with Crippen molar-refractivity contribution in [2.45, 2.75) is 12.8 Å². The van der Waals surface area contributed by atoms with E-state index in [1.807, 2.05) is 18.2 Å². The number of carboxylic acids is 1. The molecule has 0 spiro atoms. The van der Waals surface area contributed by atoms with Gasteiger partial charge in [-0.25, -0.2) is 9.78 Å². The molecule has 1 heterocycles. The number of allylic oxidation sites excluding steroid dienone is 1. The summed E-state index contributed by atoms with van der Waals surface area (Å²) in [7, 11) is 0. The Balaban J connectivity index is 1.98. The molecule has 1 aliphatic carbocycles. The Morgan fingerprint density at radius 3 is 2.72 bits per heavy atom. The van der Waals surface area contributed by atoms with Crippen molar-refractivity contribution >= 4 is 22.9 Å². The molecule has 0 saturated heterocycles. The number of nitrogens with zero attached hydrogens (tertiary/aromatic N) is 2. The zero-order valence-corrected chi connectivity index (χ0v) is 13.4. The number of hydrogen-bond acceptors (Lipinski definition) is 3. The second kappa shape index (κ2) is 6.02. The number of hydrogen-bond donors (Lipinski definition) is 1. The SMILES string of the molecule is O=C(O)c1cccc(-n2c(/C=C/C3CC3)nc3ccccc3c2=O)c1. The Labute approximate surface area is 143 Å². The molecule has 5 nitrogen and oxygen atoms in total. The molecule has 1 N–H and O–H groups in total. The minimum atomic E-state index is -1.03. The van der Waals surface area contributed by atoms with Crippen LogP contribution in [0, 0.1) is 5.92 Å². The van der Waals surface area contributed by atoms with Gasteiger partial charge < -0.3 is 5.11 Å². The molecule has 1 fully saturated rings. The number of benzene rings is 2. The molecule has 4 rings (SSSR count). The Hall–Kier alpha value is -3.21. The first-order valence-corrected chi connectivity index (χ1v) is 8.17. The number of fused-ring (bicyclic) bond motifs is 1. The first-order valence-electron chi connectivity index (χ1n) is 8.17. The summed E-state index contributed by atoms with van der Waals surface area (Å²) in [5, 5.41) is 9.74. The molecular weight excluding hydrogens is 316 g/mol. The van der Waals surface area contributed by atoms with Gasteiger partial charge in [0.05, 0.1) is 22.2 Å². The van der Waals surface area contributed by atoms with Gasteiger partial charge >= 0.3 is 5.97 Å². The average molecular weight is 332 g/mol. The van der Waals surface area contributed by atoms with E-state index in [9.17, 15) is 14.7 Å². The van der Waals surface area contributed by atoms with Crippen molar-refractivity contribution in [3.05, 3.63) is 76.3 Å². The molecule has 0 amide bonds. The number of rotatable bonds is 4. The summed E-state index contributed by atoms with van der Waals surface area (Å²) in [6, 6.07) is 13.5. The van der Waals surface area contributed by atoms with Crippen LogP contribution in [-0.2, 0) is 0 Å². The van der Waals surface area contributed by atoms with Gasteiger partial charge in [-0.1, -0.05) is 24.3 Å². The molecule has 3 aromatic rings. The largest absolute Gasteiger partial charge is 0.478 e. The van der Waals surface area contributed by atoms with E-state index < -0.39 is 5.97 Å². The van der Waals surface area contributed by atoms with Crippen molar-refractivity contribution < 1.29 is 9.90 Å². The maximum atomic E-state index is 13.0. The van der Waals surface area contributed by atoms with Gasteiger partial charge in [0.1, 0.15) is 5.82 Å². The molecule has 1 aromatic heterocycles. The third-order valence-corrected chi connectivity index (χ3v) is 4.29. The quantitative estimate of drug-likeness (QED) is 0.793. The van der Waals surface area contributed by atoms with Crippen molar-refractivity contribution in [3.63, 3.8) is 0 Å². The van der Waals surface area contributed by atoms with Crippen LogP contribution in [0.1, 0.15) is 29.0 Å². The average Bonchev–Trinajstić information content (AvgIpc) is 3.44. The normalized spacial score (nSPS) is 14.2. The van der Waals surface area contributed by atoms with Crippen LogP contribution in [0.5, 0.6) is 0 Å². The molecule has 1 saturated carbocycles. The maximum absolute atomic E-state index is 13.0. The molecule has 1 aliphatic rings. The number of para-hydroxylation sites is 1. The van der Waals surface area contributed by atoms with Gasteiger partial charge in [-0.2, -0.15) is 0 Å². The predicted octanol–water partition coefficient (Wildman–Crippen LogP) is 3.51. The smallest absolute Gasteiger partial charge is 0.335 e. The van der Waals surface area contributed by atoms with Crippen molar-refractivity contribution in [1.82, 2.24) is 9.55 Å². The fraction of sp³-hybridized carbons (Fsp3) is 0.150. The molecule has 124 valence electrons. The monoisotopic (exact) mass is 332 g/mol. The molecule has 0 unspecified atom stereocenters. The molecule has 0 aliphatic heterocycles. The van der Waals surface area contributed by atoms with Crippen molar-refractivity contribution in [3.8, 4) is 5.69 Å². The third-order valence-electron chi connectivity index (χ3n) is 4.29. The van der Waals surface area contributed by atoms with Crippen LogP contribution in [0.15, 0.2) is 59.4 Å². The predicted molar refractivity (Wildman–Crippen MR) is 96.1 cm³/mol. The van der Waals surface area contributed by atoms with Crippen LogP contribution in [0.3, 0.4) is 0 Å². The lowest BCUT2D eigenvalue weighted by Gasteiger charge is -2.12. The van der Waals surface area contributed by atoms with Crippen molar-refractivity contribution in [1.29, 1.82) is 0 Å². The molecule has 0 bridgehead atoms. The van der Waals surface area contributed by atoms with Gasteiger partial charge in [0.2, 0.25) is 0 Å². The highest BCUT2D eigenvalue weighted by Gasteiger charge is 2.18. The highest BCUT2D eigenvalue weighted by Crippen LogP contribution is 2.30. The lowest BCUT2D eigenvalue weighted by atomic mass is 10.2. The van der Waals surface area contributed by atoms with Gasteiger partial charge in [-0.05, 0) is 55.2 Å². The summed E-state index contributed by atoms with van der Waals surface area (Å²) in [4.78, 5) is 28.9. The third kappa shape index (κ3) is 2.96. The minimum absolute atomic E-state index is 0.134. The summed E-state index contributed by atoms with van der Waals surface area (Å²) in [6.07, 6.45) is 6.23. The van der Waals surface area contributed by atoms with E-state index in [-0.39, 0.29) is 11.1 Å². The van der Waals surface area contributed by atoms with Crippen molar-refractivity contribution in [2.75, 3.05) is 0 Å². The number of carboxylic acid groups (broad SMARTS) is 1. The van der Waals surface area contributed by atoms with Crippen molar-refractivity contribution in [2.24, 2.45) is 5.92 Å². The van der Waals surface area contributed by atoms with Crippen LogP contribution < -0.4 is 5.56 Å². The Kier molecular flexibility index (Phi) is 3.69. The maximum Gasteiger partial charge on any atom is 0.335 e. The summed E-state index contributed by atoms with van der Waals surface area (Å²) in [6.45, 7) is 0. The minimum Gasteiger partial charge on any atom is -0.478 e. The summed E-state index contributed by atoms with van der Waals surface area (Å²) < 4.78 is 1.48. The van der Waals surface area contributed by atoms with Gasteiger partial charge in [-0.15, -0.1) is 0 Å². The highest BCUT2D eigenvalue weighted by molar-refractivity contribution is 5.88. The number of aromatic nitrogens is 2. The Morgan fingerprint density at radius 2 is 1.96 bits per heavy atom. The van der Waals surface area contributed by atoms with Crippen LogP contribution in [0.25, 0.3) is 22.7 Å². The number of aromatic carboxylic acids is 1. The second-order valence-electron chi connectivity index (χ2n) is 6.18. The first-order chi connectivity index (χ1) is 12.1. The van der Waals surface area contributed by atoms with E-state index in [1.165, 1.54) is 16.7 Å². The standard InChI is InChI=1S/C20H16N2O3/c23-19-16-6-1-2-7-17(16)21-18(11-10-13-8-9-13)22(19)15-5-3-4-14(12-15)20(24)25/h1-7,10-13H,8-9H2,(H,24,25)/b11-10+. The van der Waals surface area contributed by atoms with Gasteiger partial charge in [0.25, 0.3) is 5.56 Å². The zero-order chi connectivity index (χ0) is 17.4. The fourth-order valence-electron chi connectivity index (χ4n) is 2.80. The Morgan fingerprint density at radius 1 is 1.16 bits per heavy atom. The fourth-order valence-corrected chi connectivity index (χ4v) is 2.80. The molecule has 5 heteroatoms. The molecular formula is C20H16N2O3. The molecule has 25 heavy (non-hydrogen) atoms. The zero-order valence-electron chi connectivity index (χ0n) is 13.4. The van der Waals surface area contributed by atoms with Crippen LogP contribution in [0.2, 0.25) is 0 Å².